The Labute approximate surface area is 116 Å². The lowest BCUT2D eigenvalue weighted by Gasteiger charge is -2.19. The van der Waals surface area contributed by atoms with Gasteiger partial charge in [0.25, 0.3) is 0 Å². The van der Waals surface area contributed by atoms with Crippen molar-refractivity contribution in [1.29, 1.82) is 0 Å². The lowest BCUT2D eigenvalue weighted by atomic mass is 10.0. The van der Waals surface area contributed by atoms with Crippen LogP contribution in [0.2, 0.25) is 0 Å². The maximum atomic E-state index is 3.49. The van der Waals surface area contributed by atoms with Crippen LogP contribution in [0.4, 0.5) is 0 Å². The van der Waals surface area contributed by atoms with Crippen LogP contribution < -0.4 is 5.32 Å². The molecule has 0 unspecified atom stereocenters. The summed E-state index contributed by atoms with van der Waals surface area (Å²) in [7, 11) is 0. The molecule has 0 saturated carbocycles. The Morgan fingerprint density at radius 2 is 1.74 bits per heavy atom. The van der Waals surface area contributed by atoms with Gasteiger partial charge >= 0.3 is 0 Å². The fourth-order valence-corrected chi connectivity index (χ4v) is 2.14. The van der Waals surface area contributed by atoms with E-state index in [1.807, 2.05) is 0 Å². The minimum absolute atomic E-state index is 0.202. The number of hydrogen-bond donors (Lipinski definition) is 1. The molecule has 2 rings (SSSR count). The predicted octanol–water partition coefficient (Wildman–Crippen LogP) is 4.63. The van der Waals surface area contributed by atoms with E-state index in [0.717, 1.165) is 13.0 Å². The Bertz CT molecular complexity index is 556. The van der Waals surface area contributed by atoms with E-state index in [1.165, 1.54) is 16.3 Å². The van der Waals surface area contributed by atoms with Gasteiger partial charge in [-0.05, 0) is 50.1 Å². The molecule has 0 fully saturated rings. The van der Waals surface area contributed by atoms with E-state index in [1.54, 1.807) is 0 Å². The van der Waals surface area contributed by atoms with Crippen LogP contribution >= 0.6 is 0 Å². The van der Waals surface area contributed by atoms with Gasteiger partial charge in [0.1, 0.15) is 0 Å². The number of fused-ring (bicyclic) bond motifs is 1. The van der Waals surface area contributed by atoms with Crippen molar-refractivity contribution >= 4 is 16.8 Å². The quantitative estimate of drug-likeness (QED) is 0.783. The van der Waals surface area contributed by atoms with Gasteiger partial charge in [-0.1, -0.05) is 54.6 Å². The molecule has 1 heteroatoms. The van der Waals surface area contributed by atoms with E-state index in [9.17, 15) is 0 Å². The van der Waals surface area contributed by atoms with Crippen molar-refractivity contribution in [2.45, 2.75) is 32.7 Å². The Morgan fingerprint density at radius 1 is 1.00 bits per heavy atom. The summed E-state index contributed by atoms with van der Waals surface area (Å²) in [5.74, 6) is 0. The molecule has 1 N–H and O–H groups in total. The molecule has 0 aliphatic carbocycles. The van der Waals surface area contributed by atoms with E-state index in [2.05, 4.69) is 80.7 Å². The van der Waals surface area contributed by atoms with Crippen LogP contribution in [-0.2, 0) is 0 Å². The van der Waals surface area contributed by atoms with Gasteiger partial charge in [0, 0.05) is 5.54 Å². The topological polar surface area (TPSA) is 12.0 Å². The number of rotatable bonds is 4. The van der Waals surface area contributed by atoms with Gasteiger partial charge in [-0.2, -0.15) is 0 Å². The first-order valence-electron chi connectivity index (χ1n) is 6.96. The first-order valence-corrected chi connectivity index (χ1v) is 6.96. The van der Waals surface area contributed by atoms with E-state index in [-0.39, 0.29) is 5.54 Å². The number of benzene rings is 2. The van der Waals surface area contributed by atoms with Gasteiger partial charge in [-0.3, -0.25) is 0 Å². The Kier molecular flexibility index (Phi) is 4.39. The van der Waals surface area contributed by atoms with E-state index in [0.29, 0.717) is 0 Å². The minimum Gasteiger partial charge on any atom is -0.312 e. The normalized spacial score (nSPS) is 12.4. The molecule has 2 aromatic carbocycles. The molecule has 0 heterocycles. The molecule has 0 aliphatic rings. The maximum absolute atomic E-state index is 3.49. The Morgan fingerprint density at radius 3 is 2.53 bits per heavy atom. The fourth-order valence-electron chi connectivity index (χ4n) is 2.14. The molecule has 0 aliphatic heterocycles. The van der Waals surface area contributed by atoms with Gasteiger partial charge in [0.15, 0.2) is 0 Å². The first kappa shape index (κ1) is 13.8. The monoisotopic (exact) mass is 253 g/mol. The van der Waals surface area contributed by atoms with Crippen LogP contribution in [0, 0.1) is 0 Å². The van der Waals surface area contributed by atoms with Crippen LogP contribution in [0.3, 0.4) is 0 Å². The predicted molar refractivity (Wildman–Crippen MR) is 85.4 cm³/mol. The second kappa shape index (κ2) is 6.03. The fraction of sp³-hybridized carbons (Fsp3) is 0.333. The first-order chi connectivity index (χ1) is 9.06. The molecular formula is C18H23N. The summed E-state index contributed by atoms with van der Waals surface area (Å²) in [5.41, 5.74) is 1.50. The third kappa shape index (κ3) is 4.22. The van der Waals surface area contributed by atoms with Crippen LogP contribution in [0.5, 0.6) is 0 Å². The van der Waals surface area contributed by atoms with Crippen molar-refractivity contribution in [2.24, 2.45) is 0 Å². The molecule has 1 nitrogen and oxygen atoms in total. The van der Waals surface area contributed by atoms with E-state index < -0.39 is 0 Å². The van der Waals surface area contributed by atoms with E-state index >= 15 is 0 Å². The van der Waals surface area contributed by atoms with Gasteiger partial charge in [-0.15, -0.1) is 0 Å². The summed E-state index contributed by atoms with van der Waals surface area (Å²) in [6.45, 7) is 7.61. The molecule has 2 aromatic rings. The summed E-state index contributed by atoms with van der Waals surface area (Å²) in [6, 6.07) is 15.0. The summed E-state index contributed by atoms with van der Waals surface area (Å²) >= 11 is 0. The largest absolute Gasteiger partial charge is 0.312 e. The van der Waals surface area contributed by atoms with Crippen molar-refractivity contribution in [3.63, 3.8) is 0 Å². The lowest BCUT2D eigenvalue weighted by Crippen LogP contribution is -2.36. The van der Waals surface area contributed by atoms with E-state index in [4.69, 9.17) is 0 Å². The Hall–Kier alpha value is -1.60. The summed E-state index contributed by atoms with van der Waals surface area (Å²) in [5, 5.41) is 6.12. The van der Waals surface area contributed by atoms with Crippen molar-refractivity contribution in [1.82, 2.24) is 5.32 Å². The zero-order chi connectivity index (χ0) is 13.7. The standard InChI is InChI=1S/C18H23N/c1-18(2,3)19-14-7-6-10-16-12-8-11-15-9-4-5-13-17(15)16/h4-6,8-13,19H,7,14H2,1-3H3. The average Bonchev–Trinajstić information content (AvgIpc) is 2.37. The average molecular weight is 253 g/mol. The third-order valence-corrected chi connectivity index (χ3v) is 3.09. The molecule has 0 saturated heterocycles. The summed E-state index contributed by atoms with van der Waals surface area (Å²) in [4.78, 5) is 0. The third-order valence-electron chi connectivity index (χ3n) is 3.09. The molecule has 0 atom stereocenters. The molecule has 0 amide bonds. The molecule has 19 heavy (non-hydrogen) atoms. The van der Waals surface area contributed by atoms with Gasteiger partial charge in [0.2, 0.25) is 0 Å². The second-order valence-corrected chi connectivity index (χ2v) is 5.94. The van der Waals surface area contributed by atoms with Crippen LogP contribution in [0.15, 0.2) is 48.5 Å². The molecular weight excluding hydrogens is 230 g/mol. The highest BCUT2D eigenvalue weighted by atomic mass is 14.9. The minimum atomic E-state index is 0.202. The zero-order valence-electron chi connectivity index (χ0n) is 12.1. The molecule has 0 radical (unpaired) electrons. The van der Waals surface area contributed by atoms with Gasteiger partial charge in [-0.25, -0.2) is 0 Å². The van der Waals surface area contributed by atoms with Gasteiger partial charge < -0.3 is 5.32 Å². The van der Waals surface area contributed by atoms with Crippen LogP contribution in [-0.4, -0.2) is 12.1 Å². The molecule has 0 aromatic heterocycles. The SMILES string of the molecule is CC(C)(C)NCCC=Cc1cccc2ccccc12. The van der Waals surface area contributed by atoms with Crippen molar-refractivity contribution in [3.8, 4) is 0 Å². The van der Waals surface area contributed by atoms with Crippen molar-refractivity contribution in [3.05, 3.63) is 54.1 Å². The highest BCUT2D eigenvalue weighted by Crippen LogP contribution is 2.19. The Balaban J connectivity index is 2.01. The maximum Gasteiger partial charge on any atom is 0.00966 e. The van der Waals surface area contributed by atoms with Gasteiger partial charge in [0.05, 0.1) is 0 Å². The van der Waals surface area contributed by atoms with Crippen molar-refractivity contribution < 1.29 is 0 Å². The molecule has 0 bridgehead atoms. The summed E-state index contributed by atoms with van der Waals surface area (Å²) in [6.07, 6.45) is 5.54. The highest BCUT2D eigenvalue weighted by molar-refractivity contribution is 5.90. The smallest absolute Gasteiger partial charge is 0.00966 e. The number of hydrogen-bond acceptors (Lipinski definition) is 1. The summed E-state index contributed by atoms with van der Waals surface area (Å²) < 4.78 is 0. The number of nitrogens with one attached hydrogen (secondary N) is 1. The lowest BCUT2D eigenvalue weighted by molar-refractivity contribution is 0.431. The second-order valence-electron chi connectivity index (χ2n) is 5.94. The van der Waals surface area contributed by atoms with Crippen LogP contribution in [0.25, 0.3) is 16.8 Å². The highest BCUT2D eigenvalue weighted by Gasteiger charge is 2.06. The zero-order valence-corrected chi connectivity index (χ0v) is 12.1. The molecule has 100 valence electrons. The van der Waals surface area contributed by atoms with Crippen LogP contribution in [0.1, 0.15) is 32.8 Å². The van der Waals surface area contributed by atoms with Crippen molar-refractivity contribution in [2.75, 3.05) is 6.54 Å². The molecule has 0 spiro atoms.